The van der Waals surface area contributed by atoms with E-state index in [2.05, 4.69) is 90.6 Å². The summed E-state index contributed by atoms with van der Waals surface area (Å²) in [6, 6.07) is 14.6. The van der Waals surface area contributed by atoms with Crippen LogP contribution in [0.4, 0.5) is 0 Å². The fraction of sp³-hybridized carbons (Fsp3) is 0.400. The summed E-state index contributed by atoms with van der Waals surface area (Å²) in [5.74, 6) is 1.67. The van der Waals surface area contributed by atoms with Gasteiger partial charge in [-0.05, 0) is 28.2 Å². The largest absolute Gasteiger partial charge is 0.0984 e. The molecule has 0 heterocycles. The van der Waals surface area contributed by atoms with Gasteiger partial charge in [-0.25, -0.2) is 0 Å². The highest BCUT2D eigenvalue weighted by Gasteiger charge is 1.93. The Kier molecular flexibility index (Phi) is 9.45. The molecule has 20 heavy (non-hydrogen) atoms. The lowest BCUT2D eigenvalue weighted by Gasteiger charge is -1.99. The molecular formula is C20H30. The van der Waals surface area contributed by atoms with Crippen LogP contribution < -0.4 is 0 Å². The maximum atomic E-state index is 3.78. The molecule has 0 saturated carbocycles. The first-order valence-corrected chi connectivity index (χ1v) is 7.48. The number of fused-ring (bicyclic) bond motifs is 1. The number of benzene rings is 2. The van der Waals surface area contributed by atoms with Crippen LogP contribution in [0, 0.1) is 11.8 Å². The Bertz CT molecular complexity index is 475. The number of rotatable bonds is 1. The first-order chi connectivity index (χ1) is 9.38. The summed E-state index contributed by atoms with van der Waals surface area (Å²) >= 11 is 0. The summed E-state index contributed by atoms with van der Waals surface area (Å²) in [5, 5.41) is 2.55. The van der Waals surface area contributed by atoms with Crippen molar-refractivity contribution < 1.29 is 0 Å². The molecule has 0 spiro atoms. The minimum Gasteiger partial charge on any atom is -0.0984 e. The molecule has 0 fully saturated rings. The van der Waals surface area contributed by atoms with Gasteiger partial charge in [-0.1, -0.05) is 96.7 Å². The van der Waals surface area contributed by atoms with Crippen molar-refractivity contribution in [2.45, 2.75) is 41.5 Å². The van der Waals surface area contributed by atoms with Gasteiger partial charge in [-0.2, -0.15) is 0 Å². The predicted molar refractivity (Wildman–Crippen MR) is 95.1 cm³/mol. The molecule has 110 valence electrons. The molecule has 0 N–H and O–H groups in total. The van der Waals surface area contributed by atoms with Crippen LogP contribution in [0.2, 0.25) is 0 Å². The van der Waals surface area contributed by atoms with Crippen LogP contribution in [0.15, 0.2) is 49.0 Å². The third kappa shape index (κ3) is 8.53. The zero-order chi connectivity index (χ0) is 15.5. The van der Waals surface area contributed by atoms with Gasteiger partial charge < -0.3 is 0 Å². The van der Waals surface area contributed by atoms with Crippen molar-refractivity contribution in [1.82, 2.24) is 0 Å². The third-order valence-corrected chi connectivity index (χ3v) is 2.04. The Balaban J connectivity index is 0.000000380. The van der Waals surface area contributed by atoms with E-state index in [-0.39, 0.29) is 0 Å². The van der Waals surface area contributed by atoms with Gasteiger partial charge in [0.25, 0.3) is 0 Å². The van der Waals surface area contributed by atoms with Gasteiger partial charge in [-0.15, -0.1) is 0 Å². The van der Waals surface area contributed by atoms with Crippen molar-refractivity contribution in [3.05, 3.63) is 54.6 Å². The topological polar surface area (TPSA) is 0 Å². The Hall–Kier alpha value is -1.56. The summed E-state index contributed by atoms with van der Waals surface area (Å²) in [6.07, 6.45) is 1.89. The average molecular weight is 270 g/mol. The van der Waals surface area contributed by atoms with Crippen molar-refractivity contribution in [1.29, 1.82) is 0 Å². The molecule has 0 bridgehead atoms. The molecule has 0 aliphatic heterocycles. The monoisotopic (exact) mass is 270 g/mol. The fourth-order valence-electron chi connectivity index (χ4n) is 1.43. The lowest BCUT2D eigenvalue weighted by atomic mass is 10.1. The van der Waals surface area contributed by atoms with Crippen LogP contribution in [0.1, 0.15) is 47.1 Å². The quantitative estimate of drug-likeness (QED) is 0.534. The summed E-state index contributed by atoms with van der Waals surface area (Å²) in [6.45, 7) is 16.8. The van der Waals surface area contributed by atoms with Crippen LogP contribution >= 0.6 is 0 Å². The Morgan fingerprint density at radius 2 is 1.20 bits per heavy atom. The average Bonchev–Trinajstić information content (AvgIpc) is 2.36. The molecule has 0 nitrogen and oxygen atoms in total. The van der Waals surface area contributed by atoms with Gasteiger partial charge in [0, 0.05) is 0 Å². The van der Waals surface area contributed by atoms with Gasteiger partial charge in [-0.3, -0.25) is 0 Å². The van der Waals surface area contributed by atoms with Gasteiger partial charge in [0.15, 0.2) is 0 Å². The van der Waals surface area contributed by atoms with Gasteiger partial charge in [0.1, 0.15) is 0 Å². The van der Waals surface area contributed by atoms with Gasteiger partial charge >= 0.3 is 0 Å². The normalized spacial score (nSPS) is 9.60. The first-order valence-electron chi connectivity index (χ1n) is 7.48. The van der Waals surface area contributed by atoms with Crippen molar-refractivity contribution >= 4 is 16.8 Å². The molecule has 0 unspecified atom stereocenters. The standard InChI is InChI=1S/C12H10.2C4H10/c1-2-10-7-5-8-11-6-3-4-9-12(10)11;2*1-4(2)3/h2-9H,1H2;2*4H,1-3H3. The molecule has 0 aliphatic carbocycles. The predicted octanol–water partition coefficient (Wildman–Crippen LogP) is 6.81. The van der Waals surface area contributed by atoms with E-state index >= 15 is 0 Å². The molecule has 0 atom stereocenters. The third-order valence-electron chi connectivity index (χ3n) is 2.04. The first kappa shape index (κ1) is 18.4. The van der Waals surface area contributed by atoms with Gasteiger partial charge in [0.2, 0.25) is 0 Å². The second-order valence-corrected chi connectivity index (χ2v) is 6.24. The van der Waals surface area contributed by atoms with E-state index in [0.29, 0.717) is 0 Å². The second kappa shape index (κ2) is 10.3. The van der Waals surface area contributed by atoms with E-state index in [4.69, 9.17) is 0 Å². The van der Waals surface area contributed by atoms with E-state index < -0.39 is 0 Å². The maximum Gasteiger partial charge on any atom is -0.0112 e. The lowest BCUT2D eigenvalue weighted by Crippen LogP contribution is -1.75. The minimum atomic E-state index is 0.833. The van der Waals surface area contributed by atoms with E-state index in [9.17, 15) is 0 Å². The van der Waals surface area contributed by atoms with Crippen LogP contribution in [0.25, 0.3) is 16.8 Å². The van der Waals surface area contributed by atoms with E-state index in [1.807, 2.05) is 6.08 Å². The highest BCUT2D eigenvalue weighted by molar-refractivity contribution is 5.90. The summed E-state index contributed by atoms with van der Waals surface area (Å²) < 4.78 is 0. The molecule has 0 amide bonds. The van der Waals surface area contributed by atoms with Gasteiger partial charge in [0.05, 0.1) is 0 Å². The lowest BCUT2D eigenvalue weighted by molar-refractivity contribution is 0.736. The Morgan fingerprint density at radius 3 is 1.70 bits per heavy atom. The summed E-state index contributed by atoms with van der Waals surface area (Å²) in [4.78, 5) is 0. The zero-order valence-corrected chi connectivity index (χ0v) is 14.0. The maximum absolute atomic E-state index is 3.78. The minimum absolute atomic E-state index is 0.833. The molecule has 0 radical (unpaired) electrons. The molecule has 0 aliphatic rings. The Labute approximate surface area is 125 Å². The molecule has 0 saturated heterocycles. The molecular weight excluding hydrogens is 240 g/mol. The van der Waals surface area contributed by atoms with Crippen LogP contribution in [0.3, 0.4) is 0 Å². The molecule has 2 aromatic rings. The highest BCUT2D eigenvalue weighted by Crippen LogP contribution is 2.18. The van der Waals surface area contributed by atoms with Crippen LogP contribution in [0.5, 0.6) is 0 Å². The highest BCUT2D eigenvalue weighted by atomic mass is 14.0. The summed E-state index contributed by atoms with van der Waals surface area (Å²) in [7, 11) is 0. The van der Waals surface area contributed by atoms with E-state index in [1.165, 1.54) is 16.3 Å². The second-order valence-electron chi connectivity index (χ2n) is 6.24. The molecule has 0 heteroatoms. The van der Waals surface area contributed by atoms with E-state index in [0.717, 1.165) is 11.8 Å². The van der Waals surface area contributed by atoms with Crippen LogP contribution in [-0.4, -0.2) is 0 Å². The summed E-state index contributed by atoms with van der Waals surface area (Å²) in [5.41, 5.74) is 1.20. The van der Waals surface area contributed by atoms with Crippen molar-refractivity contribution in [2.24, 2.45) is 11.8 Å². The molecule has 2 rings (SSSR count). The number of hydrogen-bond donors (Lipinski definition) is 0. The van der Waals surface area contributed by atoms with E-state index in [1.54, 1.807) is 0 Å². The van der Waals surface area contributed by atoms with Crippen molar-refractivity contribution in [3.63, 3.8) is 0 Å². The van der Waals surface area contributed by atoms with Crippen LogP contribution in [-0.2, 0) is 0 Å². The van der Waals surface area contributed by atoms with Crippen molar-refractivity contribution in [3.8, 4) is 0 Å². The van der Waals surface area contributed by atoms with Crippen molar-refractivity contribution in [2.75, 3.05) is 0 Å². The number of hydrogen-bond acceptors (Lipinski definition) is 0. The Morgan fingerprint density at radius 1 is 0.750 bits per heavy atom. The molecule has 2 aromatic carbocycles. The smallest absolute Gasteiger partial charge is 0.0112 e. The fourth-order valence-corrected chi connectivity index (χ4v) is 1.43. The SMILES string of the molecule is C=Cc1cccc2ccccc12.CC(C)C.CC(C)C. The zero-order valence-electron chi connectivity index (χ0n) is 14.0. The molecule has 0 aromatic heterocycles.